The van der Waals surface area contributed by atoms with Gasteiger partial charge in [-0.15, -0.1) is 0 Å². The molecule has 0 atom stereocenters. The molecule has 0 spiro atoms. The molecule has 0 N–H and O–H groups in total. The van der Waals surface area contributed by atoms with E-state index in [-0.39, 0.29) is 23.3 Å². The van der Waals surface area contributed by atoms with Crippen LogP contribution in [0.3, 0.4) is 0 Å². The minimum Gasteiger partial charge on any atom is -0.428 e. The largest absolute Gasteiger partial charge is 0.514 e. The maximum atomic E-state index is 13.8. The van der Waals surface area contributed by atoms with Crippen LogP contribution in [0.4, 0.5) is 9.59 Å². The van der Waals surface area contributed by atoms with Crippen molar-refractivity contribution in [3.8, 4) is 11.5 Å². The van der Waals surface area contributed by atoms with Gasteiger partial charge in [0.05, 0.1) is 22.5 Å². The molecule has 2 amide bonds. The van der Waals surface area contributed by atoms with Crippen LogP contribution in [0.1, 0.15) is 66.5 Å². The normalized spacial score (nSPS) is 15.3. The van der Waals surface area contributed by atoms with Gasteiger partial charge in [0.2, 0.25) is 0 Å². The summed E-state index contributed by atoms with van der Waals surface area (Å²) in [5.41, 5.74) is 1.46. The molecule has 0 saturated heterocycles. The Morgan fingerprint density at radius 1 is 0.595 bits per heavy atom. The lowest BCUT2D eigenvalue weighted by atomic mass is 10.0. The van der Waals surface area contributed by atoms with Gasteiger partial charge in [-0.1, -0.05) is 0 Å². The third kappa shape index (κ3) is 6.32. The van der Waals surface area contributed by atoms with Crippen molar-refractivity contribution < 1.29 is 38.1 Å². The summed E-state index contributed by atoms with van der Waals surface area (Å²) in [5.74, 6) is -0.0389. The number of carbonyl (C=O) groups excluding carboxylic acids is 4. The highest BCUT2D eigenvalue weighted by Gasteiger charge is 2.48. The smallest absolute Gasteiger partial charge is 0.428 e. The van der Waals surface area contributed by atoms with Crippen molar-refractivity contribution in [2.75, 3.05) is 13.1 Å². The Morgan fingerprint density at radius 2 is 0.905 bits per heavy atom. The average Bonchev–Trinajstić information content (AvgIpc) is 3.33. The summed E-state index contributed by atoms with van der Waals surface area (Å²) in [6.07, 6.45) is -1.66. The molecule has 0 aliphatic carbocycles. The molecule has 2 aliphatic rings. The third-order valence-corrected chi connectivity index (χ3v) is 6.25. The summed E-state index contributed by atoms with van der Waals surface area (Å²) in [5, 5.41) is 0. The molecule has 10 heteroatoms. The monoisotopic (exact) mass is 576 g/mol. The maximum Gasteiger partial charge on any atom is 0.514 e. The van der Waals surface area contributed by atoms with E-state index in [9.17, 15) is 19.2 Å². The number of rotatable bonds is 6. The fraction of sp³-hybridized carbons (Fsp3) is 0.375. The number of amides is 2. The Balaban J connectivity index is 1.70. The fourth-order valence-electron chi connectivity index (χ4n) is 4.70. The van der Waals surface area contributed by atoms with Crippen LogP contribution >= 0.6 is 0 Å². The lowest BCUT2D eigenvalue weighted by Crippen LogP contribution is -2.29. The predicted octanol–water partition coefficient (Wildman–Crippen LogP) is 6.16. The molecule has 10 nitrogen and oxygen atoms in total. The lowest BCUT2D eigenvalue weighted by Gasteiger charge is -2.24. The Kier molecular flexibility index (Phi) is 8.20. The molecule has 2 heterocycles. The molecule has 0 radical (unpaired) electrons. The topological polar surface area (TPSA) is 112 Å². The van der Waals surface area contributed by atoms with E-state index in [0.29, 0.717) is 46.8 Å². The number of hydrogen-bond acceptors (Lipinski definition) is 8. The van der Waals surface area contributed by atoms with Gasteiger partial charge >= 0.3 is 12.3 Å². The lowest BCUT2D eigenvalue weighted by molar-refractivity contribution is -0.124. The van der Waals surface area contributed by atoms with Crippen LogP contribution in [0, 0.1) is 0 Å². The molecule has 0 saturated carbocycles. The van der Waals surface area contributed by atoms with Crippen molar-refractivity contribution in [3.63, 3.8) is 0 Å². The van der Waals surface area contributed by atoms with Gasteiger partial charge in [-0.25, -0.2) is 9.59 Å². The molecule has 0 aromatic heterocycles. The molecule has 0 fully saturated rings. The standard InChI is InChI=1S/C32H36N2O8/c1-9-33-25(19-11-15-21(16-12-19)39-29(37)41-31(3,4)5)23-24(27(33)35)26(34(10-2)28(23)36)20-13-17-22(18-14-20)40-30(38)42-32(6,7)8/h11-18H,9-10H2,1-8H3. The Bertz CT molecular complexity index is 1360. The van der Waals surface area contributed by atoms with Gasteiger partial charge in [0, 0.05) is 13.1 Å². The van der Waals surface area contributed by atoms with Crippen molar-refractivity contribution in [2.45, 2.75) is 66.6 Å². The van der Waals surface area contributed by atoms with E-state index in [2.05, 4.69) is 0 Å². The number of fused-ring (bicyclic) bond motifs is 1. The van der Waals surface area contributed by atoms with Crippen LogP contribution in [-0.2, 0) is 19.1 Å². The van der Waals surface area contributed by atoms with Gasteiger partial charge in [0.1, 0.15) is 22.7 Å². The molecule has 0 unspecified atom stereocenters. The molecular weight excluding hydrogens is 540 g/mol. The zero-order chi connectivity index (χ0) is 31.0. The van der Waals surface area contributed by atoms with E-state index in [1.807, 2.05) is 13.8 Å². The molecule has 0 bridgehead atoms. The second-order valence-electron chi connectivity index (χ2n) is 11.7. The molecule has 42 heavy (non-hydrogen) atoms. The zero-order valence-corrected chi connectivity index (χ0v) is 25.2. The first-order valence-corrected chi connectivity index (χ1v) is 13.8. The highest BCUT2D eigenvalue weighted by Crippen LogP contribution is 2.46. The Hall–Kier alpha value is -4.60. The van der Waals surface area contributed by atoms with Gasteiger partial charge in [0.25, 0.3) is 11.8 Å². The van der Waals surface area contributed by atoms with Crippen LogP contribution in [0.25, 0.3) is 11.4 Å². The second kappa shape index (κ2) is 11.3. The number of ether oxygens (including phenoxy) is 4. The van der Waals surface area contributed by atoms with Crippen molar-refractivity contribution >= 4 is 35.5 Å². The van der Waals surface area contributed by atoms with Crippen molar-refractivity contribution in [2.24, 2.45) is 0 Å². The summed E-state index contributed by atoms with van der Waals surface area (Å²) in [4.78, 5) is 54.8. The Labute approximate surface area is 245 Å². The third-order valence-electron chi connectivity index (χ3n) is 6.25. The van der Waals surface area contributed by atoms with Crippen LogP contribution in [0.15, 0.2) is 59.7 Å². The predicted molar refractivity (Wildman–Crippen MR) is 155 cm³/mol. The maximum absolute atomic E-state index is 13.8. The van der Waals surface area contributed by atoms with Gasteiger partial charge in [0.15, 0.2) is 0 Å². The molecule has 2 aromatic carbocycles. The molecule has 2 aliphatic heterocycles. The van der Waals surface area contributed by atoms with Crippen molar-refractivity contribution in [1.82, 2.24) is 9.80 Å². The molecule has 2 aromatic rings. The van der Waals surface area contributed by atoms with Gasteiger partial charge in [-0.3, -0.25) is 9.59 Å². The number of benzene rings is 2. The first kappa shape index (κ1) is 30.4. The van der Waals surface area contributed by atoms with E-state index >= 15 is 0 Å². The number of carbonyl (C=O) groups is 4. The van der Waals surface area contributed by atoms with E-state index in [4.69, 9.17) is 18.9 Å². The number of hydrogen-bond donors (Lipinski definition) is 0. The first-order chi connectivity index (χ1) is 19.6. The Morgan fingerprint density at radius 3 is 1.17 bits per heavy atom. The highest BCUT2D eigenvalue weighted by atomic mass is 16.7. The zero-order valence-electron chi connectivity index (χ0n) is 25.2. The van der Waals surface area contributed by atoms with Gasteiger partial charge in [-0.05, 0) is 115 Å². The number of likely N-dealkylation sites (N-methyl/N-ethyl adjacent to an activating group) is 2. The SMILES string of the molecule is CCN1C(=O)C2=C(c3ccc(OC(=O)OC(C)(C)C)cc3)N(CC)C(=O)C2=C1c1ccc(OC(=O)OC(C)(C)C)cc1. The van der Waals surface area contributed by atoms with Crippen LogP contribution in [0.2, 0.25) is 0 Å². The fourth-order valence-corrected chi connectivity index (χ4v) is 4.70. The van der Waals surface area contributed by atoms with Gasteiger partial charge in [-0.2, -0.15) is 0 Å². The van der Waals surface area contributed by atoms with E-state index < -0.39 is 23.5 Å². The van der Waals surface area contributed by atoms with Crippen LogP contribution in [0.5, 0.6) is 11.5 Å². The van der Waals surface area contributed by atoms with Gasteiger partial charge < -0.3 is 28.7 Å². The van der Waals surface area contributed by atoms with E-state index in [1.54, 1.807) is 99.9 Å². The van der Waals surface area contributed by atoms with Crippen molar-refractivity contribution in [1.29, 1.82) is 0 Å². The molecule has 222 valence electrons. The van der Waals surface area contributed by atoms with E-state index in [0.717, 1.165) is 0 Å². The average molecular weight is 577 g/mol. The molecule has 4 rings (SSSR count). The minimum absolute atomic E-state index is 0.268. The molecular formula is C32H36N2O8. The number of nitrogens with zero attached hydrogens (tertiary/aromatic N) is 2. The first-order valence-electron chi connectivity index (χ1n) is 13.8. The minimum atomic E-state index is -0.828. The summed E-state index contributed by atoms with van der Waals surface area (Å²) in [7, 11) is 0. The van der Waals surface area contributed by atoms with Crippen LogP contribution < -0.4 is 9.47 Å². The second-order valence-corrected chi connectivity index (χ2v) is 11.7. The van der Waals surface area contributed by atoms with Crippen LogP contribution in [-0.4, -0.2) is 58.2 Å². The summed E-state index contributed by atoms with van der Waals surface area (Å²) >= 11 is 0. The quantitative estimate of drug-likeness (QED) is 0.297. The summed E-state index contributed by atoms with van der Waals surface area (Å²) in [6, 6.07) is 13.2. The highest BCUT2D eigenvalue weighted by molar-refractivity contribution is 6.30. The summed E-state index contributed by atoms with van der Waals surface area (Å²) < 4.78 is 21.0. The summed E-state index contributed by atoms with van der Waals surface area (Å²) in [6.45, 7) is 14.8. The van der Waals surface area contributed by atoms with Crippen molar-refractivity contribution in [3.05, 3.63) is 70.8 Å². The van der Waals surface area contributed by atoms with E-state index in [1.165, 1.54) is 0 Å².